The molecule has 2 rings (SSSR count). The Balaban J connectivity index is 2.12. The Morgan fingerprint density at radius 3 is 2.81 bits per heavy atom. The minimum atomic E-state index is 0.111. The van der Waals surface area contributed by atoms with E-state index in [0.29, 0.717) is 12.6 Å². The van der Waals surface area contributed by atoms with Crippen molar-refractivity contribution < 1.29 is 4.79 Å². The summed E-state index contributed by atoms with van der Waals surface area (Å²) in [6.45, 7) is 0.480. The number of carbonyl (C=O) groups is 1. The van der Waals surface area contributed by atoms with Gasteiger partial charge >= 0.3 is 0 Å². The summed E-state index contributed by atoms with van der Waals surface area (Å²) in [6, 6.07) is 8.02. The second-order valence-electron chi connectivity index (χ2n) is 4.41. The van der Waals surface area contributed by atoms with Crippen LogP contribution in [0.3, 0.4) is 0 Å². The number of nitrogens with two attached hydrogens (primary N) is 1. The van der Waals surface area contributed by atoms with Crippen LogP contribution in [0.1, 0.15) is 35.2 Å². The minimum absolute atomic E-state index is 0.111. The summed E-state index contributed by atoms with van der Waals surface area (Å²) < 4.78 is 0. The van der Waals surface area contributed by atoms with Crippen LogP contribution < -0.4 is 5.73 Å². The van der Waals surface area contributed by atoms with Crippen molar-refractivity contribution in [1.82, 2.24) is 4.90 Å². The standard InChI is InChI=1S/C13H18N2O/c1-15(12-6-3-7-12)13(16)11-5-2-4-10(8-11)9-14/h2,4-5,8,12H,3,6-7,9,14H2,1H3. The number of hydrogen-bond donors (Lipinski definition) is 1. The van der Waals surface area contributed by atoms with Gasteiger partial charge in [0, 0.05) is 25.2 Å². The third-order valence-corrected chi connectivity index (χ3v) is 3.35. The van der Waals surface area contributed by atoms with E-state index in [1.165, 1.54) is 6.42 Å². The maximum absolute atomic E-state index is 12.1. The van der Waals surface area contributed by atoms with Gasteiger partial charge in [-0.05, 0) is 37.0 Å². The first-order chi connectivity index (χ1) is 7.72. The second-order valence-corrected chi connectivity index (χ2v) is 4.41. The van der Waals surface area contributed by atoms with Crippen molar-refractivity contribution in [3.05, 3.63) is 35.4 Å². The third-order valence-electron chi connectivity index (χ3n) is 3.35. The predicted octanol–water partition coefficient (Wildman–Crippen LogP) is 1.77. The fraction of sp³-hybridized carbons (Fsp3) is 0.462. The normalized spacial score (nSPS) is 15.6. The fourth-order valence-corrected chi connectivity index (χ4v) is 1.97. The first-order valence-corrected chi connectivity index (χ1v) is 5.78. The lowest BCUT2D eigenvalue weighted by atomic mass is 9.91. The van der Waals surface area contributed by atoms with Crippen molar-refractivity contribution in [1.29, 1.82) is 0 Å². The van der Waals surface area contributed by atoms with Gasteiger partial charge in [-0.3, -0.25) is 4.79 Å². The first kappa shape index (κ1) is 11.1. The van der Waals surface area contributed by atoms with Crippen LogP contribution in [0.25, 0.3) is 0 Å². The Labute approximate surface area is 96.2 Å². The highest BCUT2D eigenvalue weighted by molar-refractivity contribution is 5.94. The van der Waals surface area contributed by atoms with Crippen LogP contribution >= 0.6 is 0 Å². The van der Waals surface area contributed by atoms with E-state index in [2.05, 4.69) is 0 Å². The summed E-state index contributed by atoms with van der Waals surface area (Å²) in [5, 5.41) is 0. The summed E-state index contributed by atoms with van der Waals surface area (Å²) >= 11 is 0. The minimum Gasteiger partial charge on any atom is -0.339 e. The van der Waals surface area contributed by atoms with Gasteiger partial charge in [0.25, 0.3) is 5.91 Å². The summed E-state index contributed by atoms with van der Waals surface area (Å²) in [7, 11) is 1.89. The second kappa shape index (κ2) is 4.66. The first-order valence-electron chi connectivity index (χ1n) is 5.78. The molecule has 2 N–H and O–H groups in total. The van der Waals surface area contributed by atoms with Crippen molar-refractivity contribution in [2.75, 3.05) is 7.05 Å². The van der Waals surface area contributed by atoms with Gasteiger partial charge in [-0.25, -0.2) is 0 Å². The highest BCUT2D eigenvalue weighted by Gasteiger charge is 2.26. The highest BCUT2D eigenvalue weighted by atomic mass is 16.2. The molecule has 0 aromatic heterocycles. The van der Waals surface area contributed by atoms with Gasteiger partial charge in [-0.2, -0.15) is 0 Å². The van der Waals surface area contributed by atoms with E-state index in [1.807, 2.05) is 36.2 Å². The molecule has 1 amide bonds. The van der Waals surface area contributed by atoms with E-state index < -0.39 is 0 Å². The van der Waals surface area contributed by atoms with E-state index in [-0.39, 0.29) is 5.91 Å². The van der Waals surface area contributed by atoms with Gasteiger partial charge in [0.05, 0.1) is 0 Å². The number of nitrogens with zero attached hydrogens (tertiary/aromatic N) is 1. The van der Waals surface area contributed by atoms with Crippen LogP contribution in [0.2, 0.25) is 0 Å². The number of rotatable bonds is 3. The maximum Gasteiger partial charge on any atom is 0.253 e. The van der Waals surface area contributed by atoms with Crippen molar-refractivity contribution in [3.63, 3.8) is 0 Å². The van der Waals surface area contributed by atoms with Crippen molar-refractivity contribution in [2.24, 2.45) is 5.73 Å². The summed E-state index contributed by atoms with van der Waals surface area (Å²) in [4.78, 5) is 14.0. The van der Waals surface area contributed by atoms with Crippen molar-refractivity contribution >= 4 is 5.91 Å². The molecule has 0 bridgehead atoms. The SMILES string of the molecule is CN(C(=O)c1cccc(CN)c1)C1CCC1. The molecule has 1 aromatic rings. The smallest absolute Gasteiger partial charge is 0.253 e. The zero-order chi connectivity index (χ0) is 11.5. The number of hydrogen-bond acceptors (Lipinski definition) is 2. The molecule has 0 heterocycles. The molecule has 1 saturated carbocycles. The quantitative estimate of drug-likeness (QED) is 0.840. The van der Waals surface area contributed by atoms with E-state index >= 15 is 0 Å². The van der Waals surface area contributed by atoms with Gasteiger partial charge in [-0.1, -0.05) is 12.1 Å². The van der Waals surface area contributed by atoms with Crippen molar-refractivity contribution in [3.8, 4) is 0 Å². The van der Waals surface area contributed by atoms with E-state index in [9.17, 15) is 4.79 Å². The monoisotopic (exact) mass is 218 g/mol. The molecule has 0 radical (unpaired) electrons. The van der Waals surface area contributed by atoms with Crippen LogP contribution in [-0.2, 0) is 6.54 Å². The van der Waals surface area contributed by atoms with Crippen LogP contribution in [0, 0.1) is 0 Å². The average Bonchev–Trinajstić information content (AvgIpc) is 2.25. The molecule has 0 aliphatic heterocycles. The van der Waals surface area contributed by atoms with Gasteiger partial charge in [0.1, 0.15) is 0 Å². The highest BCUT2D eigenvalue weighted by Crippen LogP contribution is 2.24. The molecule has 16 heavy (non-hydrogen) atoms. The lowest BCUT2D eigenvalue weighted by Gasteiger charge is -2.34. The van der Waals surface area contributed by atoms with Crippen LogP contribution in [0.4, 0.5) is 0 Å². The zero-order valence-corrected chi connectivity index (χ0v) is 9.65. The summed E-state index contributed by atoms with van der Waals surface area (Å²) in [6.07, 6.45) is 3.52. The molecule has 0 unspecified atom stereocenters. The molecule has 1 aliphatic rings. The van der Waals surface area contributed by atoms with Crippen LogP contribution in [-0.4, -0.2) is 23.9 Å². The molecule has 3 heteroatoms. The molecule has 86 valence electrons. The van der Waals surface area contributed by atoms with Gasteiger partial charge in [-0.15, -0.1) is 0 Å². The molecule has 0 atom stereocenters. The number of benzene rings is 1. The molecular formula is C13H18N2O. The Morgan fingerprint density at radius 2 is 2.25 bits per heavy atom. The Bertz CT molecular complexity index is 385. The number of carbonyl (C=O) groups excluding carboxylic acids is 1. The Morgan fingerprint density at radius 1 is 1.50 bits per heavy atom. The molecule has 1 aliphatic carbocycles. The predicted molar refractivity (Wildman–Crippen MR) is 64.1 cm³/mol. The summed E-state index contributed by atoms with van der Waals surface area (Å²) in [5.74, 6) is 0.111. The van der Waals surface area contributed by atoms with Gasteiger partial charge in [0.15, 0.2) is 0 Å². The average molecular weight is 218 g/mol. The Kier molecular flexibility index (Phi) is 3.25. The molecule has 3 nitrogen and oxygen atoms in total. The molecule has 1 fully saturated rings. The molecule has 1 aromatic carbocycles. The van der Waals surface area contributed by atoms with Gasteiger partial charge < -0.3 is 10.6 Å². The molecular weight excluding hydrogens is 200 g/mol. The molecule has 0 spiro atoms. The zero-order valence-electron chi connectivity index (χ0n) is 9.65. The maximum atomic E-state index is 12.1. The van der Waals surface area contributed by atoms with Crippen LogP contribution in [0.15, 0.2) is 24.3 Å². The lowest BCUT2D eigenvalue weighted by Crippen LogP contribution is -2.41. The Hall–Kier alpha value is -1.35. The summed E-state index contributed by atoms with van der Waals surface area (Å²) in [5.41, 5.74) is 7.32. The number of amides is 1. The van der Waals surface area contributed by atoms with E-state index in [0.717, 1.165) is 24.0 Å². The topological polar surface area (TPSA) is 46.3 Å². The lowest BCUT2D eigenvalue weighted by molar-refractivity contribution is 0.0652. The third kappa shape index (κ3) is 2.09. The largest absolute Gasteiger partial charge is 0.339 e. The van der Waals surface area contributed by atoms with Gasteiger partial charge in [0.2, 0.25) is 0 Å². The fourth-order valence-electron chi connectivity index (χ4n) is 1.97. The van der Waals surface area contributed by atoms with E-state index in [1.54, 1.807) is 0 Å². The van der Waals surface area contributed by atoms with E-state index in [4.69, 9.17) is 5.73 Å². The van der Waals surface area contributed by atoms with Crippen LogP contribution in [0.5, 0.6) is 0 Å². The molecule has 0 saturated heterocycles. The van der Waals surface area contributed by atoms with Crippen molar-refractivity contribution in [2.45, 2.75) is 31.8 Å².